The Labute approximate surface area is 108 Å². The van der Waals surface area contributed by atoms with Crippen molar-refractivity contribution < 1.29 is 5.11 Å². The highest BCUT2D eigenvalue weighted by atomic mass is 35.5. The average molecular weight is 257 g/mol. The highest BCUT2D eigenvalue weighted by molar-refractivity contribution is 6.31. The van der Waals surface area contributed by atoms with Gasteiger partial charge in [0.2, 0.25) is 0 Å². The van der Waals surface area contributed by atoms with E-state index in [2.05, 4.69) is 18.9 Å². The monoisotopic (exact) mass is 256 g/mol. The van der Waals surface area contributed by atoms with Crippen molar-refractivity contribution in [2.45, 2.75) is 45.1 Å². The zero-order chi connectivity index (χ0) is 12.6. The molecule has 1 saturated carbocycles. The summed E-state index contributed by atoms with van der Waals surface area (Å²) in [5, 5.41) is 15.7. The summed E-state index contributed by atoms with van der Waals surface area (Å²) in [6.07, 6.45) is 5.59. The van der Waals surface area contributed by atoms with Crippen molar-refractivity contribution in [2.24, 2.45) is 18.9 Å². The Hall–Kier alpha value is -0.540. The fourth-order valence-corrected chi connectivity index (χ4v) is 2.81. The van der Waals surface area contributed by atoms with Gasteiger partial charge in [0.15, 0.2) is 0 Å². The Morgan fingerprint density at radius 2 is 2.24 bits per heavy atom. The second-order valence-electron chi connectivity index (χ2n) is 5.60. The molecule has 1 aliphatic carbocycles. The van der Waals surface area contributed by atoms with E-state index in [1.165, 1.54) is 0 Å². The summed E-state index contributed by atoms with van der Waals surface area (Å²) >= 11 is 6.17. The first-order valence-electron chi connectivity index (χ1n) is 6.35. The van der Waals surface area contributed by atoms with Crippen molar-refractivity contribution in [1.82, 2.24) is 9.78 Å². The van der Waals surface area contributed by atoms with Crippen molar-refractivity contribution in [1.29, 1.82) is 0 Å². The number of hydrogen-bond donors (Lipinski definition) is 1. The van der Waals surface area contributed by atoms with E-state index in [4.69, 9.17) is 11.6 Å². The van der Waals surface area contributed by atoms with E-state index >= 15 is 0 Å². The summed E-state index contributed by atoms with van der Waals surface area (Å²) in [5.74, 6) is 0.946. The van der Waals surface area contributed by atoms with Crippen LogP contribution in [0.3, 0.4) is 0 Å². The molecule has 1 heterocycles. The van der Waals surface area contributed by atoms with E-state index in [1.807, 2.05) is 7.05 Å². The summed E-state index contributed by atoms with van der Waals surface area (Å²) in [7, 11) is 1.85. The smallest absolute Gasteiger partial charge is 0.110 e. The van der Waals surface area contributed by atoms with Gasteiger partial charge in [0.1, 0.15) is 5.60 Å². The minimum atomic E-state index is -0.785. The number of rotatable bonds is 5. The zero-order valence-corrected chi connectivity index (χ0v) is 11.5. The predicted molar refractivity (Wildman–Crippen MR) is 68.9 cm³/mol. The summed E-state index contributed by atoms with van der Waals surface area (Å²) in [6.45, 7) is 4.36. The normalized spacial score (nSPS) is 19.6. The lowest BCUT2D eigenvalue weighted by atomic mass is 9.86. The van der Waals surface area contributed by atoms with E-state index in [9.17, 15) is 5.11 Å². The molecule has 0 aromatic carbocycles. The van der Waals surface area contributed by atoms with E-state index in [-0.39, 0.29) is 0 Å². The quantitative estimate of drug-likeness (QED) is 0.879. The standard InChI is InChI=1S/C13H21ClN2O/c1-9(2)6-7-13(17,10-4-5-10)12-11(14)8-15-16(12)3/h8-10,17H,4-7H2,1-3H3. The average Bonchev–Trinajstić information content (AvgIpc) is 3.03. The van der Waals surface area contributed by atoms with E-state index in [0.717, 1.165) is 31.4 Å². The first kappa shape index (κ1) is 12.9. The Balaban J connectivity index is 2.27. The number of aryl methyl sites for hydroxylation is 1. The maximum Gasteiger partial charge on any atom is 0.110 e. The van der Waals surface area contributed by atoms with Crippen LogP contribution in [0.1, 0.15) is 45.2 Å². The van der Waals surface area contributed by atoms with Crippen LogP contribution < -0.4 is 0 Å². The third-order valence-corrected chi connectivity index (χ3v) is 3.94. The minimum Gasteiger partial charge on any atom is -0.383 e. The lowest BCUT2D eigenvalue weighted by molar-refractivity contribution is -0.00813. The van der Waals surface area contributed by atoms with E-state index < -0.39 is 5.60 Å². The lowest BCUT2D eigenvalue weighted by Gasteiger charge is -2.29. The number of aliphatic hydroxyl groups is 1. The maximum absolute atomic E-state index is 11.0. The highest BCUT2D eigenvalue weighted by Gasteiger charge is 2.47. The molecule has 0 spiro atoms. The van der Waals surface area contributed by atoms with Gasteiger partial charge in [-0.05, 0) is 37.5 Å². The molecule has 1 aliphatic rings. The molecule has 1 aromatic heterocycles. The first-order valence-corrected chi connectivity index (χ1v) is 6.73. The molecular formula is C13H21ClN2O. The molecule has 0 aliphatic heterocycles. The van der Waals surface area contributed by atoms with E-state index in [0.29, 0.717) is 16.9 Å². The number of halogens is 1. The van der Waals surface area contributed by atoms with Crippen molar-refractivity contribution in [3.63, 3.8) is 0 Å². The molecule has 1 atom stereocenters. The summed E-state index contributed by atoms with van der Waals surface area (Å²) in [4.78, 5) is 0. The fraction of sp³-hybridized carbons (Fsp3) is 0.769. The third-order valence-electron chi connectivity index (χ3n) is 3.66. The maximum atomic E-state index is 11.0. The largest absolute Gasteiger partial charge is 0.383 e. The number of hydrogen-bond acceptors (Lipinski definition) is 2. The van der Waals surface area contributed by atoms with E-state index in [1.54, 1.807) is 10.9 Å². The van der Waals surface area contributed by atoms with Gasteiger partial charge in [0.25, 0.3) is 0 Å². The van der Waals surface area contributed by atoms with Gasteiger partial charge in [-0.1, -0.05) is 25.4 Å². The second kappa shape index (κ2) is 4.62. The molecule has 0 bridgehead atoms. The van der Waals surface area contributed by atoms with Crippen LogP contribution in [0.2, 0.25) is 5.02 Å². The Kier molecular flexibility index (Phi) is 3.50. The van der Waals surface area contributed by atoms with Gasteiger partial charge in [-0.2, -0.15) is 5.10 Å². The second-order valence-corrected chi connectivity index (χ2v) is 6.00. The van der Waals surface area contributed by atoms with Gasteiger partial charge >= 0.3 is 0 Å². The summed E-state index contributed by atoms with van der Waals surface area (Å²) < 4.78 is 1.72. The molecule has 0 radical (unpaired) electrons. The molecule has 1 unspecified atom stereocenters. The molecule has 2 rings (SSSR count). The summed E-state index contributed by atoms with van der Waals surface area (Å²) in [5.41, 5.74) is 0.00870. The Morgan fingerprint density at radius 1 is 1.59 bits per heavy atom. The SMILES string of the molecule is CC(C)CCC(O)(c1c(Cl)cnn1C)C1CC1. The van der Waals surface area contributed by atoms with Gasteiger partial charge in [-0.25, -0.2) is 0 Å². The molecular weight excluding hydrogens is 236 g/mol. The molecule has 1 fully saturated rings. The van der Waals surface area contributed by atoms with Crippen molar-refractivity contribution >= 4 is 11.6 Å². The summed E-state index contributed by atoms with van der Waals surface area (Å²) in [6, 6.07) is 0. The van der Waals surface area contributed by atoms with Crippen LogP contribution in [0.4, 0.5) is 0 Å². The molecule has 3 nitrogen and oxygen atoms in total. The van der Waals surface area contributed by atoms with Gasteiger partial charge in [0, 0.05) is 7.05 Å². The molecule has 1 N–H and O–H groups in total. The van der Waals surface area contributed by atoms with Crippen molar-refractivity contribution in [3.05, 3.63) is 16.9 Å². The van der Waals surface area contributed by atoms with Crippen LogP contribution in [0.15, 0.2) is 6.20 Å². The number of aromatic nitrogens is 2. The minimum absolute atomic E-state index is 0.356. The molecule has 96 valence electrons. The molecule has 4 heteroatoms. The van der Waals surface area contributed by atoms with Crippen LogP contribution in [-0.2, 0) is 12.6 Å². The fourth-order valence-electron chi connectivity index (χ4n) is 2.48. The van der Waals surface area contributed by atoms with Gasteiger partial charge < -0.3 is 5.11 Å². The first-order chi connectivity index (χ1) is 7.95. The van der Waals surface area contributed by atoms with Gasteiger partial charge in [-0.3, -0.25) is 4.68 Å². The van der Waals surface area contributed by atoms with Crippen LogP contribution in [-0.4, -0.2) is 14.9 Å². The Morgan fingerprint density at radius 3 is 2.65 bits per heavy atom. The van der Waals surface area contributed by atoms with Gasteiger partial charge in [0.05, 0.1) is 16.9 Å². The zero-order valence-electron chi connectivity index (χ0n) is 10.8. The van der Waals surface area contributed by atoms with Crippen molar-refractivity contribution in [3.8, 4) is 0 Å². The molecule has 17 heavy (non-hydrogen) atoms. The predicted octanol–water partition coefficient (Wildman–Crippen LogP) is 3.11. The molecule has 0 saturated heterocycles. The van der Waals surface area contributed by atoms with Gasteiger partial charge in [-0.15, -0.1) is 0 Å². The molecule has 1 aromatic rings. The van der Waals surface area contributed by atoms with Crippen LogP contribution >= 0.6 is 11.6 Å². The lowest BCUT2D eigenvalue weighted by Crippen LogP contribution is -2.32. The van der Waals surface area contributed by atoms with Crippen LogP contribution in [0, 0.1) is 11.8 Å². The van der Waals surface area contributed by atoms with Crippen molar-refractivity contribution in [2.75, 3.05) is 0 Å². The van der Waals surface area contributed by atoms with Crippen LogP contribution in [0.25, 0.3) is 0 Å². The Bertz CT molecular complexity index is 379. The molecule has 0 amide bonds. The number of nitrogens with zero attached hydrogens (tertiary/aromatic N) is 2. The highest BCUT2D eigenvalue weighted by Crippen LogP contribution is 2.50. The topological polar surface area (TPSA) is 38.1 Å². The third kappa shape index (κ3) is 2.50. The van der Waals surface area contributed by atoms with Crippen LogP contribution in [0.5, 0.6) is 0 Å².